The highest BCUT2D eigenvalue weighted by atomic mass is 16.5. The molecule has 1 fully saturated rings. The minimum Gasteiger partial charge on any atom is -0.379 e. The Morgan fingerprint density at radius 1 is 0.725 bits per heavy atom. The van der Waals surface area contributed by atoms with Crippen molar-refractivity contribution in [2.75, 3.05) is 54.5 Å². The molecule has 0 radical (unpaired) electrons. The third kappa shape index (κ3) is 20.0. The highest BCUT2D eigenvalue weighted by Crippen LogP contribution is 2.32. The van der Waals surface area contributed by atoms with Crippen molar-refractivity contribution in [3.05, 3.63) is 83.9 Å². The summed E-state index contributed by atoms with van der Waals surface area (Å²) < 4.78 is 12.2. The molecule has 2 heterocycles. The summed E-state index contributed by atoms with van der Waals surface area (Å²) in [5, 5.41) is 5.73. The summed E-state index contributed by atoms with van der Waals surface area (Å²) in [5.41, 5.74) is 1.91. The third-order valence-electron chi connectivity index (χ3n) is 16.4. The zero-order valence-electron chi connectivity index (χ0n) is 49.8. The van der Waals surface area contributed by atoms with E-state index in [-0.39, 0.29) is 109 Å². The van der Waals surface area contributed by atoms with Gasteiger partial charge in [0.25, 0.3) is 11.8 Å². The monoisotopic (exact) mass is 1110 g/mol. The van der Waals surface area contributed by atoms with E-state index >= 15 is 0 Å². The molecule has 0 unspecified atom stereocenters. The van der Waals surface area contributed by atoms with Crippen molar-refractivity contribution in [2.45, 2.75) is 169 Å². The van der Waals surface area contributed by atoms with Crippen molar-refractivity contribution in [1.82, 2.24) is 30.2 Å². The van der Waals surface area contributed by atoms with Gasteiger partial charge in [0.1, 0.15) is 5.78 Å². The first-order valence-electron chi connectivity index (χ1n) is 29.2. The lowest BCUT2D eigenvalue weighted by Gasteiger charge is -2.41. The molecule has 17 heteroatoms. The van der Waals surface area contributed by atoms with Crippen LogP contribution in [0.15, 0.2) is 72.8 Å². The summed E-state index contributed by atoms with van der Waals surface area (Å²) in [6, 6.07) is 17.9. The number of likely N-dealkylation sites (N-methyl/N-ethyl adjacent to an activating group) is 2. The van der Waals surface area contributed by atoms with E-state index in [1.807, 2.05) is 121 Å². The van der Waals surface area contributed by atoms with Gasteiger partial charge in [-0.25, -0.2) is 0 Å². The Morgan fingerprint density at radius 3 is 1.95 bits per heavy atom. The van der Waals surface area contributed by atoms with Crippen LogP contribution in [-0.4, -0.2) is 157 Å². The second-order valence-corrected chi connectivity index (χ2v) is 22.9. The Kier molecular flexibility index (Phi) is 28.1. The van der Waals surface area contributed by atoms with Crippen LogP contribution in [0.4, 0.5) is 0 Å². The minimum absolute atomic E-state index is 0.00405. The van der Waals surface area contributed by atoms with Gasteiger partial charge in [0.05, 0.1) is 43.3 Å². The van der Waals surface area contributed by atoms with E-state index in [9.17, 15) is 43.2 Å². The van der Waals surface area contributed by atoms with Gasteiger partial charge in [0.15, 0.2) is 11.6 Å². The van der Waals surface area contributed by atoms with Crippen molar-refractivity contribution < 1.29 is 52.6 Å². The van der Waals surface area contributed by atoms with Gasteiger partial charge in [0.2, 0.25) is 23.6 Å². The number of amides is 6. The fourth-order valence-electron chi connectivity index (χ4n) is 11.6. The Hall–Kier alpha value is -5.91. The number of ether oxygens (including phenoxy) is 2. The average Bonchev–Trinajstić information content (AvgIpc) is 4.06. The molecular formula is C63H94N6O11. The number of likely N-dealkylation sites (tertiary alicyclic amines) is 1. The van der Waals surface area contributed by atoms with Crippen LogP contribution >= 0.6 is 0 Å². The second-order valence-electron chi connectivity index (χ2n) is 22.9. The average molecular weight is 1110 g/mol. The highest BCUT2D eigenvalue weighted by molar-refractivity contribution is 6.12. The van der Waals surface area contributed by atoms with Crippen LogP contribution in [0.5, 0.6) is 0 Å². The Morgan fingerprint density at radius 2 is 1.36 bits per heavy atom. The van der Waals surface area contributed by atoms with Crippen LogP contribution in [0.3, 0.4) is 0 Å². The molecule has 6 amide bonds. The summed E-state index contributed by atoms with van der Waals surface area (Å²) in [6.07, 6.45) is 6.31. The smallest absolute Gasteiger partial charge is 0.253 e. The summed E-state index contributed by atoms with van der Waals surface area (Å²) in [4.78, 5) is 127. The SMILES string of the molecule is CC[C@H](C)[C@@H]([C@@H](CC(=O)N1CCC[C@H]1[C@H](OC)[C@@H](C)C(=O)C[C@@H](Cc1ccccc1)C(=O)NCc1ccccc1)OC)N(C)C(=O)[C@@H](CC(=O)[C@H](C(C)C)N(C)CCCC(=O)CNC(=O)CCCCCN1C(=O)C=CC1=O)C(C)C. The standard InChI is InChI=1S/C63H94N6O11/c1-12-44(6)60(67(9)63(78)50(42(2)3)38-53(72)59(43(4)5)66(8)33-22-28-49(70)41-64-55(73)30-20-15-21-34-69-56(74)31-32-57(69)75)54(79-10)39-58(76)68-35-23-29-51(68)61(80-11)45(7)52(71)37-48(36-46-24-16-13-17-25-46)62(77)65-40-47-26-18-14-19-27-47/h13-14,16-19,24-27,31-32,42-45,48,50-51,54,59-61H,12,15,20-23,28-30,33-41H2,1-11H3,(H,64,73)(H,65,77)/t44-,45-,48+,50-,51-,54+,59-,60-,61+/m0/s1. The molecule has 9 atom stereocenters. The number of benzene rings is 2. The topological polar surface area (TPSA) is 209 Å². The summed E-state index contributed by atoms with van der Waals surface area (Å²) in [5.74, 6) is -4.06. The maximum absolute atomic E-state index is 14.8. The molecule has 2 aromatic rings. The minimum atomic E-state index is -0.689. The number of unbranched alkanes of at least 4 members (excludes halogenated alkanes) is 2. The summed E-state index contributed by atoms with van der Waals surface area (Å²) >= 11 is 0. The number of carbonyl (C=O) groups is 9. The van der Waals surface area contributed by atoms with Gasteiger partial charge in [0, 0.05) is 96.5 Å². The molecule has 0 bridgehead atoms. The van der Waals surface area contributed by atoms with Crippen LogP contribution in [0.25, 0.3) is 0 Å². The van der Waals surface area contributed by atoms with Crippen LogP contribution in [-0.2, 0) is 65.6 Å². The number of rotatable bonds is 37. The molecule has 2 N–H and O–H groups in total. The number of hydrogen-bond acceptors (Lipinski definition) is 12. The molecule has 0 saturated carbocycles. The maximum atomic E-state index is 14.8. The third-order valence-corrected chi connectivity index (χ3v) is 16.4. The Balaban J connectivity index is 1.35. The lowest BCUT2D eigenvalue weighted by atomic mass is 9.83. The molecule has 0 aromatic heterocycles. The molecule has 442 valence electrons. The van der Waals surface area contributed by atoms with E-state index in [4.69, 9.17) is 9.47 Å². The quantitative estimate of drug-likeness (QED) is 0.0510. The Bertz CT molecular complexity index is 2360. The molecule has 0 spiro atoms. The number of Topliss-reactive ketones (excluding diaryl/α,β-unsaturated/α-hetero) is 3. The predicted molar refractivity (Wildman–Crippen MR) is 308 cm³/mol. The van der Waals surface area contributed by atoms with Crippen molar-refractivity contribution >= 4 is 52.8 Å². The molecule has 2 aliphatic rings. The van der Waals surface area contributed by atoms with Gasteiger partial charge in [-0.1, -0.05) is 122 Å². The lowest BCUT2D eigenvalue weighted by molar-refractivity contribution is -0.149. The molecule has 4 rings (SSSR count). The molecule has 0 aliphatic carbocycles. The number of imide groups is 1. The first kappa shape index (κ1) is 66.6. The molecule has 80 heavy (non-hydrogen) atoms. The van der Waals surface area contributed by atoms with E-state index in [0.717, 1.165) is 11.1 Å². The van der Waals surface area contributed by atoms with Crippen molar-refractivity contribution in [1.29, 1.82) is 0 Å². The van der Waals surface area contributed by atoms with E-state index in [0.29, 0.717) is 77.5 Å². The van der Waals surface area contributed by atoms with Gasteiger partial charge in [-0.3, -0.25) is 53.0 Å². The molecule has 2 aliphatic heterocycles. The van der Waals surface area contributed by atoms with Crippen LogP contribution in [0.2, 0.25) is 0 Å². The largest absolute Gasteiger partial charge is 0.379 e. The highest BCUT2D eigenvalue weighted by Gasteiger charge is 2.44. The first-order chi connectivity index (χ1) is 38.1. The summed E-state index contributed by atoms with van der Waals surface area (Å²) in [7, 11) is 6.71. The van der Waals surface area contributed by atoms with E-state index in [1.54, 1.807) is 31.1 Å². The van der Waals surface area contributed by atoms with Crippen molar-refractivity contribution in [3.63, 3.8) is 0 Å². The number of carbonyl (C=O) groups excluding carboxylic acids is 9. The summed E-state index contributed by atoms with van der Waals surface area (Å²) in [6.45, 7) is 15.2. The van der Waals surface area contributed by atoms with Crippen LogP contribution in [0.1, 0.15) is 137 Å². The zero-order valence-corrected chi connectivity index (χ0v) is 49.8. The molecule has 17 nitrogen and oxygen atoms in total. The number of nitrogens with zero attached hydrogens (tertiary/aromatic N) is 4. The zero-order chi connectivity index (χ0) is 59.1. The van der Waals surface area contributed by atoms with Crippen molar-refractivity contribution in [3.8, 4) is 0 Å². The maximum Gasteiger partial charge on any atom is 0.253 e. The van der Waals surface area contributed by atoms with Gasteiger partial charge in [-0.2, -0.15) is 0 Å². The van der Waals surface area contributed by atoms with Crippen molar-refractivity contribution in [2.24, 2.45) is 35.5 Å². The van der Waals surface area contributed by atoms with E-state index in [1.165, 1.54) is 17.1 Å². The van der Waals surface area contributed by atoms with E-state index in [2.05, 4.69) is 10.6 Å². The number of nitrogens with one attached hydrogen (secondary N) is 2. The lowest BCUT2D eigenvalue weighted by Crippen LogP contribution is -2.54. The predicted octanol–water partition coefficient (Wildman–Crippen LogP) is 7.18. The van der Waals surface area contributed by atoms with Gasteiger partial charge >= 0.3 is 0 Å². The molecular weight excluding hydrogens is 1020 g/mol. The number of hydrogen-bond donors (Lipinski definition) is 2. The Labute approximate surface area is 476 Å². The van der Waals surface area contributed by atoms with Gasteiger partial charge < -0.3 is 29.9 Å². The second kappa shape index (κ2) is 33.7. The molecule has 2 aromatic carbocycles. The molecule has 1 saturated heterocycles. The fourth-order valence-corrected chi connectivity index (χ4v) is 11.6. The normalized spacial score (nSPS) is 17.5. The fraction of sp³-hybridized carbons (Fsp3) is 0.635. The first-order valence-corrected chi connectivity index (χ1v) is 29.2. The van der Waals surface area contributed by atoms with Crippen LogP contribution < -0.4 is 10.6 Å². The van der Waals surface area contributed by atoms with E-state index < -0.39 is 48.1 Å². The van der Waals surface area contributed by atoms with Gasteiger partial charge in [-0.15, -0.1) is 0 Å². The van der Waals surface area contributed by atoms with Gasteiger partial charge in [-0.05, 0) is 81.0 Å². The number of methoxy groups -OCH3 is 2. The number of ketones is 3. The van der Waals surface area contributed by atoms with Crippen LogP contribution in [0, 0.1) is 35.5 Å².